The number of hydrogen-bond acceptors (Lipinski definition) is 5. The maximum absolute atomic E-state index is 12.9. The molecule has 5 nitrogen and oxygen atoms in total. The quantitative estimate of drug-likeness (QED) is 0.758. The minimum Gasteiger partial charge on any atom is -0.352 e. The summed E-state index contributed by atoms with van der Waals surface area (Å²) in [4.78, 5) is 21.5. The zero-order valence-electron chi connectivity index (χ0n) is 14.3. The average molecular weight is 370 g/mol. The van der Waals surface area contributed by atoms with E-state index >= 15 is 0 Å². The Labute approximate surface area is 156 Å². The SMILES string of the molecule is N#Cc1cccnc1N1CCN(C(=O)CCSc2ccc(F)cc2)CC1. The number of hydrogen-bond donors (Lipinski definition) is 0. The van der Waals surface area contributed by atoms with Gasteiger partial charge in [0.1, 0.15) is 17.7 Å². The van der Waals surface area contributed by atoms with Crippen LogP contribution in [0.4, 0.5) is 10.2 Å². The lowest BCUT2D eigenvalue weighted by Gasteiger charge is -2.35. The van der Waals surface area contributed by atoms with Crippen molar-refractivity contribution < 1.29 is 9.18 Å². The number of anilines is 1. The number of nitriles is 1. The Bertz CT molecular complexity index is 798. The van der Waals surface area contributed by atoms with Crippen LogP contribution in [0, 0.1) is 17.1 Å². The number of piperazine rings is 1. The molecule has 1 aliphatic heterocycles. The lowest BCUT2D eigenvalue weighted by molar-refractivity contribution is -0.131. The van der Waals surface area contributed by atoms with Gasteiger partial charge in [-0.15, -0.1) is 11.8 Å². The van der Waals surface area contributed by atoms with Crippen molar-refractivity contribution in [2.24, 2.45) is 0 Å². The zero-order valence-corrected chi connectivity index (χ0v) is 15.1. The van der Waals surface area contributed by atoms with Gasteiger partial charge in [-0.2, -0.15) is 5.26 Å². The Kier molecular flexibility index (Phi) is 6.08. The molecule has 0 bridgehead atoms. The van der Waals surface area contributed by atoms with Crippen LogP contribution in [-0.2, 0) is 4.79 Å². The van der Waals surface area contributed by atoms with E-state index in [0.717, 1.165) is 4.90 Å². The van der Waals surface area contributed by atoms with Crippen molar-refractivity contribution in [3.8, 4) is 6.07 Å². The fourth-order valence-electron chi connectivity index (χ4n) is 2.85. The summed E-state index contributed by atoms with van der Waals surface area (Å²) in [6, 6.07) is 12.0. The largest absolute Gasteiger partial charge is 0.352 e. The van der Waals surface area contributed by atoms with Gasteiger partial charge in [0.25, 0.3) is 0 Å². The number of pyridine rings is 1. The molecule has 0 unspecified atom stereocenters. The number of aromatic nitrogens is 1. The topological polar surface area (TPSA) is 60.2 Å². The molecule has 134 valence electrons. The fraction of sp³-hybridized carbons (Fsp3) is 0.316. The van der Waals surface area contributed by atoms with E-state index in [4.69, 9.17) is 0 Å². The molecule has 1 aromatic carbocycles. The molecule has 7 heteroatoms. The molecular formula is C19H19FN4OS. The highest BCUT2D eigenvalue weighted by molar-refractivity contribution is 7.99. The molecule has 0 saturated carbocycles. The molecule has 2 heterocycles. The second kappa shape index (κ2) is 8.68. The first-order valence-corrected chi connectivity index (χ1v) is 9.42. The summed E-state index contributed by atoms with van der Waals surface area (Å²) in [7, 11) is 0. The van der Waals surface area contributed by atoms with Gasteiger partial charge >= 0.3 is 0 Å². The van der Waals surface area contributed by atoms with Crippen LogP contribution in [0.5, 0.6) is 0 Å². The van der Waals surface area contributed by atoms with Crippen molar-refractivity contribution >= 4 is 23.5 Å². The fourth-order valence-corrected chi connectivity index (χ4v) is 3.69. The van der Waals surface area contributed by atoms with E-state index in [1.807, 2.05) is 4.90 Å². The third-order valence-corrected chi connectivity index (χ3v) is 5.25. The van der Waals surface area contributed by atoms with E-state index in [1.54, 1.807) is 42.2 Å². The Balaban J connectivity index is 1.46. The number of benzene rings is 1. The van der Waals surface area contributed by atoms with E-state index in [1.165, 1.54) is 12.1 Å². The Hall–Kier alpha value is -2.59. The molecule has 1 aromatic heterocycles. The first kappa shape index (κ1) is 18.2. The number of amides is 1. The first-order valence-electron chi connectivity index (χ1n) is 8.43. The molecule has 0 spiro atoms. The van der Waals surface area contributed by atoms with Crippen molar-refractivity contribution in [1.29, 1.82) is 5.26 Å². The minimum atomic E-state index is -0.254. The molecule has 1 fully saturated rings. The smallest absolute Gasteiger partial charge is 0.223 e. The molecule has 1 aliphatic rings. The van der Waals surface area contributed by atoms with Crippen LogP contribution >= 0.6 is 11.8 Å². The summed E-state index contributed by atoms with van der Waals surface area (Å²) in [6.45, 7) is 2.59. The maximum atomic E-state index is 12.9. The Morgan fingerprint density at radius 1 is 1.19 bits per heavy atom. The van der Waals surface area contributed by atoms with Crippen molar-refractivity contribution in [3.63, 3.8) is 0 Å². The lowest BCUT2D eigenvalue weighted by Crippen LogP contribution is -2.49. The highest BCUT2D eigenvalue weighted by atomic mass is 32.2. The van der Waals surface area contributed by atoms with Gasteiger partial charge in [0.2, 0.25) is 5.91 Å². The van der Waals surface area contributed by atoms with E-state index in [0.29, 0.717) is 49.7 Å². The summed E-state index contributed by atoms with van der Waals surface area (Å²) < 4.78 is 12.9. The number of thioether (sulfide) groups is 1. The predicted octanol–water partition coefficient (Wildman–Crippen LogP) is 2.92. The molecule has 1 saturated heterocycles. The van der Waals surface area contributed by atoms with Crippen molar-refractivity contribution in [3.05, 3.63) is 54.0 Å². The summed E-state index contributed by atoms with van der Waals surface area (Å²) in [6.07, 6.45) is 2.13. The monoisotopic (exact) mass is 370 g/mol. The summed E-state index contributed by atoms with van der Waals surface area (Å²) in [5.74, 6) is 1.23. The molecule has 2 aromatic rings. The standard InChI is InChI=1S/C19H19FN4OS/c20-16-3-5-17(6-4-16)26-13-7-18(25)23-9-11-24(12-10-23)19-15(14-21)2-1-8-22-19/h1-6,8H,7,9-13H2. The van der Waals surface area contributed by atoms with Gasteiger partial charge in [-0.3, -0.25) is 4.79 Å². The third-order valence-electron chi connectivity index (χ3n) is 4.24. The normalized spacial score (nSPS) is 14.2. The summed E-state index contributed by atoms with van der Waals surface area (Å²) in [5, 5.41) is 9.19. The molecule has 0 aliphatic carbocycles. The maximum Gasteiger partial charge on any atom is 0.223 e. The second-order valence-corrected chi connectivity index (χ2v) is 7.07. The van der Waals surface area contributed by atoms with Gasteiger partial charge in [0, 0.05) is 49.4 Å². The minimum absolute atomic E-state index is 0.126. The van der Waals surface area contributed by atoms with Gasteiger partial charge in [-0.25, -0.2) is 9.37 Å². The Morgan fingerprint density at radius 3 is 2.62 bits per heavy atom. The van der Waals surface area contributed by atoms with Crippen LogP contribution in [0.25, 0.3) is 0 Å². The second-order valence-electron chi connectivity index (χ2n) is 5.91. The molecule has 26 heavy (non-hydrogen) atoms. The van der Waals surface area contributed by atoms with Crippen LogP contribution in [0.2, 0.25) is 0 Å². The molecule has 1 amide bonds. The van der Waals surface area contributed by atoms with Gasteiger partial charge in [0.05, 0.1) is 5.56 Å². The number of nitrogens with zero attached hydrogens (tertiary/aromatic N) is 4. The van der Waals surface area contributed by atoms with Crippen LogP contribution in [0.3, 0.4) is 0 Å². The molecule has 3 rings (SSSR count). The molecule has 0 radical (unpaired) electrons. The zero-order chi connectivity index (χ0) is 18.4. The van der Waals surface area contributed by atoms with E-state index in [9.17, 15) is 14.4 Å². The van der Waals surface area contributed by atoms with Gasteiger partial charge in [-0.1, -0.05) is 0 Å². The van der Waals surface area contributed by atoms with E-state index in [-0.39, 0.29) is 11.7 Å². The number of halogens is 1. The summed E-state index contributed by atoms with van der Waals surface area (Å²) >= 11 is 1.55. The van der Waals surface area contributed by atoms with Gasteiger partial charge in [-0.05, 0) is 36.4 Å². The van der Waals surface area contributed by atoms with Gasteiger partial charge < -0.3 is 9.80 Å². The van der Waals surface area contributed by atoms with Crippen molar-refractivity contribution in [2.45, 2.75) is 11.3 Å². The van der Waals surface area contributed by atoms with E-state index < -0.39 is 0 Å². The van der Waals surface area contributed by atoms with Crippen molar-refractivity contribution in [1.82, 2.24) is 9.88 Å². The predicted molar refractivity (Wildman–Crippen MR) is 99.5 cm³/mol. The Morgan fingerprint density at radius 2 is 1.92 bits per heavy atom. The lowest BCUT2D eigenvalue weighted by atomic mass is 10.2. The number of carbonyl (C=O) groups is 1. The molecular weight excluding hydrogens is 351 g/mol. The average Bonchev–Trinajstić information content (AvgIpc) is 2.69. The third kappa shape index (κ3) is 4.52. The number of rotatable bonds is 5. The molecule has 0 N–H and O–H groups in total. The number of carbonyl (C=O) groups excluding carboxylic acids is 1. The van der Waals surface area contributed by atoms with Crippen LogP contribution in [0.15, 0.2) is 47.5 Å². The molecule has 0 atom stereocenters. The van der Waals surface area contributed by atoms with Crippen LogP contribution < -0.4 is 4.90 Å². The van der Waals surface area contributed by atoms with E-state index in [2.05, 4.69) is 16.0 Å². The first-order chi connectivity index (χ1) is 12.7. The highest BCUT2D eigenvalue weighted by Gasteiger charge is 2.23. The van der Waals surface area contributed by atoms with Crippen LogP contribution in [-0.4, -0.2) is 47.7 Å². The highest BCUT2D eigenvalue weighted by Crippen LogP contribution is 2.21. The summed E-state index contributed by atoms with van der Waals surface area (Å²) in [5.41, 5.74) is 0.558. The van der Waals surface area contributed by atoms with Crippen molar-refractivity contribution in [2.75, 3.05) is 36.8 Å². The van der Waals surface area contributed by atoms with Gasteiger partial charge in [0.15, 0.2) is 0 Å². The van der Waals surface area contributed by atoms with Crippen LogP contribution in [0.1, 0.15) is 12.0 Å².